The minimum atomic E-state index is -4.41. The molecule has 1 aromatic rings. The molecule has 1 aliphatic heterocycles. The first kappa shape index (κ1) is 13.0. The van der Waals surface area contributed by atoms with Gasteiger partial charge >= 0.3 is 6.18 Å². The van der Waals surface area contributed by atoms with Crippen LogP contribution in [0.25, 0.3) is 0 Å². The third-order valence-electron chi connectivity index (χ3n) is 2.69. The van der Waals surface area contributed by atoms with E-state index in [4.69, 9.17) is 15.2 Å². The Labute approximate surface area is 103 Å². The molecule has 2 rings (SSSR count). The number of hydrogen-bond donors (Lipinski definition) is 1. The lowest BCUT2D eigenvalue weighted by atomic mass is 10.0. The third kappa shape index (κ3) is 2.69. The van der Waals surface area contributed by atoms with Crippen LogP contribution in [-0.2, 0) is 12.6 Å². The van der Waals surface area contributed by atoms with Crippen LogP contribution in [0.5, 0.6) is 11.5 Å². The molecule has 0 fully saturated rings. The second-order valence-corrected chi connectivity index (χ2v) is 4.04. The number of nitrogens with two attached hydrogens (primary N) is 1. The van der Waals surface area contributed by atoms with Crippen molar-refractivity contribution in [1.82, 2.24) is 0 Å². The average molecular weight is 261 g/mol. The van der Waals surface area contributed by atoms with Crippen LogP contribution in [0.3, 0.4) is 0 Å². The van der Waals surface area contributed by atoms with E-state index in [0.29, 0.717) is 25.4 Å². The summed E-state index contributed by atoms with van der Waals surface area (Å²) in [6.07, 6.45) is -3.59. The standard InChI is InChI=1S/C12H14F3NO2/c13-12(14,15)9-7-11-10(6-8(9)2-3-16)17-4-1-5-18-11/h6-7H,1-5,16H2. The highest BCUT2D eigenvalue weighted by Crippen LogP contribution is 2.40. The molecule has 0 radical (unpaired) electrons. The van der Waals surface area contributed by atoms with E-state index in [1.165, 1.54) is 6.07 Å². The Bertz CT molecular complexity index is 432. The van der Waals surface area contributed by atoms with Gasteiger partial charge in [-0.05, 0) is 30.7 Å². The minimum absolute atomic E-state index is 0.147. The van der Waals surface area contributed by atoms with Crippen molar-refractivity contribution < 1.29 is 22.6 Å². The summed E-state index contributed by atoms with van der Waals surface area (Å²) in [5.41, 5.74) is 4.79. The molecule has 100 valence electrons. The monoisotopic (exact) mass is 261 g/mol. The van der Waals surface area contributed by atoms with Crippen molar-refractivity contribution in [3.05, 3.63) is 23.3 Å². The Hall–Kier alpha value is -1.43. The average Bonchev–Trinajstić information content (AvgIpc) is 2.51. The number of rotatable bonds is 2. The summed E-state index contributed by atoms with van der Waals surface area (Å²) >= 11 is 0. The SMILES string of the molecule is NCCc1cc2c(cc1C(F)(F)F)OCCCO2. The molecule has 0 saturated carbocycles. The molecule has 1 aromatic carbocycles. The number of hydrogen-bond acceptors (Lipinski definition) is 3. The summed E-state index contributed by atoms with van der Waals surface area (Å²) in [5.74, 6) is 0.518. The van der Waals surface area contributed by atoms with E-state index < -0.39 is 11.7 Å². The first-order valence-corrected chi connectivity index (χ1v) is 5.72. The highest BCUT2D eigenvalue weighted by Gasteiger charge is 2.34. The summed E-state index contributed by atoms with van der Waals surface area (Å²) in [5, 5.41) is 0. The zero-order chi connectivity index (χ0) is 13.2. The van der Waals surface area contributed by atoms with Crippen LogP contribution in [0.15, 0.2) is 12.1 Å². The molecule has 18 heavy (non-hydrogen) atoms. The van der Waals surface area contributed by atoms with Crippen LogP contribution >= 0.6 is 0 Å². The first-order valence-electron chi connectivity index (χ1n) is 5.72. The van der Waals surface area contributed by atoms with E-state index in [1.807, 2.05) is 0 Å². The highest BCUT2D eigenvalue weighted by atomic mass is 19.4. The fourth-order valence-corrected chi connectivity index (χ4v) is 1.88. The topological polar surface area (TPSA) is 44.5 Å². The van der Waals surface area contributed by atoms with Gasteiger partial charge in [-0.3, -0.25) is 0 Å². The Morgan fingerprint density at radius 2 is 1.72 bits per heavy atom. The van der Waals surface area contributed by atoms with Crippen LogP contribution in [0.1, 0.15) is 17.5 Å². The molecule has 1 aliphatic rings. The van der Waals surface area contributed by atoms with Gasteiger partial charge in [-0.2, -0.15) is 13.2 Å². The zero-order valence-electron chi connectivity index (χ0n) is 9.72. The molecule has 1 heterocycles. The van der Waals surface area contributed by atoms with Gasteiger partial charge in [0.15, 0.2) is 11.5 Å². The summed E-state index contributed by atoms with van der Waals surface area (Å²) in [6, 6.07) is 2.39. The Morgan fingerprint density at radius 1 is 1.11 bits per heavy atom. The quantitative estimate of drug-likeness (QED) is 0.888. The van der Waals surface area contributed by atoms with Gasteiger partial charge in [0.1, 0.15) is 0 Å². The van der Waals surface area contributed by atoms with Crippen LogP contribution in [0.2, 0.25) is 0 Å². The Kier molecular flexibility index (Phi) is 3.65. The lowest BCUT2D eigenvalue weighted by Crippen LogP contribution is -2.13. The van der Waals surface area contributed by atoms with Crippen molar-refractivity contribution in [2.45, 2.75) is 19.0 Å². The molecular weight excluding hydrogens is 247 g/mol. The molecule has 0 amide bonds. The minimum Gasteiger partial charge on any atom is -0.490 e. The van der Waals surface area contributed by atoms with Crippen LogP contribution in [0.4, 0.5) is 13.2 Å². The maximum atomic E-state index is 12.9. The fraction of sp³-hybridized carbons (Fsp3) is 0.500. The second-order valence-electron chi connectivity index (χ2n) is 4.04. The van der Waals surface area contributed by atoms with E-state index in [0.717, 1.165) is 6.07 Å². The molecule has 2 N–H and O–H groups in total. The zero-order valence-corrected chi connectivity index (χ0v) is 9.72. The van der Waals surface area contributed by atoms with Gasteiger partial charge in [0.05, 0.1) is 18.8 Å². The molecule has 0 unspecified atom stereocenters. The van der Waals surface area contributed by atoms with E-state index in [2.05, 4.69) is 0 Å². The predicted octanol–water partition coefficient (Wildman–Crippen LogP) is 2.37. The molecule has 0 spiro atoms. The van der Waals surface area contributed by atoms with Crippen LogP contribution < -0.4 is 15.2 Å². The summed E-state index contributed by atoms with van der Waals surface area (Å²) in [6.45, 7) is 0.962. The Morgan fingerprint density at radius 3 is 2.28 bits per heavy atom. The maximum Gasteiger partial charge on any atom is 0.416 e. The smallest absolute Gasteiger partial charge is 0.416 e. The van der Waals surface area contributed by atoms with E-state index in [1.54, 1.807) is 0 Å². The van der Waals surface area contributed by atoms with Crippen LogP contribution in [0, 0.1) is 0 Å². The lowest BCUT2D eigenvalue weighted by Gasteiger charge is -2.16. The second kappa shape index (κ2) is 5.06. The molecule has 0 aromatic heterocycles. The number of alkyl halides is 3. The third-order valence-corrected chi connectivity index (χ3v) is 2.69. The lowest BCUT2D eigenvalue weighted by molar-refractivity contribution is -0.138. The van der Waals surface area contributed by atoms with Gasteiger partial charge in [-0.25, -0.2) is 0 Å². The fourth-order valence-electron chi connectivity index (χ4n) is 1.88. The number of ether oxygens (including phenoxy) is 2. The van der Waals surface area contributed by atoms with Gasteiger partial charge in [-0.15, -0.1) is 0 Å². The van der Waals surface area contributed by atoms with Gasteiger partial charge in [-0.1, -0.05) is 0 Å². The summed E-state index contributed by atoms with van der Waals surface area (Å²) < 4.78 is 49.3. The molecule has 0 aliphatic carbocycles. The molecule has 0 bridgehead atoms. The van der Waals surface area contributed by atoms with Gasteiger partial charge < -0.3 is 15.2 Å². The summed E-state index contributed by atoms with van der Waals surface area (Å²) in [4.78, 5) is 0. The van der Waals surface area contributed by atoms with Crippen molar-refractivity contribution in [1.29, 1.82) is 0 Å². The molecule has 0 atom stereocenters. The van der Waals surface area contributed by atoms with Crippen molar-refractivity contribution >= 4 is 0 Å². The highest BCUT2D eigenvalue weighted by molar-refractivity contribution is 5.49. The van der Waals surface area contributed by atoms with Gasteiger partial charge in [0, 0.05) is 6.42 Å². The van der Waals surface area contributed by atoms with Crippen molar-refractivity contribution in [2.24, 2.45) is 5.73 Å². The first-order chi connectivity index (χ1) is 8.52. The van der Waals surface area contributed by atoms with Crippen molar-refractivity contribution in [3.63, 3.8) is 0 Å². The molecule has 0 saturated heterocycles. The predicted molar refractivity (Wildman–Crippen MR) is 59.8 cm³/mol. The number of benzene rings is 1. The van der Waals surface area contributed by atoms with Gasteiger partial charge in [0.25, 0.3) is 0 Å². The molecule has 6 heteroatoms. The Balaban J connectivity index is 2.47. The number of halogens is 3. The van der Waals surface area contributed by atoms with Crippen molar-refractivity contribution in [3.8, 4) is 11.5 Å². The summed E-state index contributed by atoms with van der Waals surface area (Å²) in [7, 11) is 0. The van der Waals surface area contributed by atoms with E-state index in [-0.39, 0.29) is 24.3 Å². The number of fused-ring (bicyclic) bond motifs is 1. The normalized spacial score (nSPS) is 15.3. The van der Waals surface area contributed by atoms with E-state index in [9.17, 15) is 13.2 Å². The largest absolute Gasteiger partial charge is 0.490 e. The van der Waals surface area contributed by atoms with Crippen molar-refractivity contribution in [2.75, 3.05) is 19.8 Å². The maximum absolute atomic E-state index is 12.9. The van der Waals surface area contributed by atoms with E-state index >= 15 is 0 Å². The van der Waals surface area contributed by atoms with Crippen LogP contribution in [-0.4, -0.2) is 19.8 Å². The molecular formula is C12H14F3NO2. The van der Waals surface area contributed by atoms with Gasteiger partial charge in [0.2, 0.25) is 0 Å². The molecule has 3 nitrogen and oxygen atoms in total.